The molecule has 14 rings (SSSR count). The lowest BCUT2D eigenvalue weighted by Crippen LogP contribution is -2.62. The molecule has 1 fully saturated rings. The second-order valence-electron chi connectivity index (χ2n) is 29.2. The molecule has 4 heteroatoms. The molecule has 8 aromatic carbocycles. The second-order valence-corrected chi connectivity index (χ2v) is 29.2. The van der Waals surface area contributed by atoms with Gasteiger partial charge in [-0.3, -0.25) is 0 Å². The summed E-state index contributed by atoms with van der Waals surface area (Å²) < 4.78 is 6.73. The minimum atomic E-state index is -0.219. The zero-order valence-corrected chi connectivity index (χ0v) is 51.5. The summed E-state index contributed by atoms with van der Waals surface area (Å²) in [6.45, 7) is 39.5. The Bertz CT molecular complexity index is 4200. The van der Waals surface area contributed by atoms with Crippen LogP contribution in [0, 0.1) is 33.1 Å². The Morgan fingerprint density at radius 2 is 1.05 bits per heavy atom. The predicted octanol–water partition coefficient (Wildman–Crippen LogP) is 19.8. The maximum absolute atomic E-state index is 6.73. The van der Waals surface area contributed by atoms with Gasteiger partial charge in [-0.2, -0.15) is 0 Å². The molecular weight excluding hydrogens is 992 g/mol. The number of furan rings is 1. The monoisotopic (exact) mass is 1070 g/mol. The number of allylic oxidation sites excluding steroid dienone is 1. The molecule has 0 saturated heterocycles. The van der Waals surface area contributed by atoms with Gasteiger partial charge >= 0.3 is 0 Å². The molecular formula is C78H83BN2O. The van der Waals surface area contributed by atoms with Crippen LogP contribution < -0.4 is 26.2 Å². The van der Waals surface area contributed by atoms with Crippen LogP contribution in [-0.2, 0) is 27.1 Å². The Labute approximate surface area is 490 Å². The van der Waals surface area contributed by atoms with Crippen LogP contribution in [0.3, 0.4) is 0 Å². The molecule has 0 bridgehead atoms. The van der Waals surface area contributed by atoms with Gasteiger partial charge in [-0.25, -0.2) is 0 Å². The summed E-state index contributed by atoms with van der Waals surface area (Å²) in [6.07, 6.45) is 9.22. The van der Waals surface area contributed by atoms with Gasteiger partial charge in [0.05, 0.1) is 0 Å². The number of fused-ring (bicyclic) bond motifs is 9. The van der Waals surface area contributed by atoms with Crippen LogP contribution >= 0.6 is 0 Å². The van der Waals surface area contributed by atoms with Crippen molar-refractivity contribution in [3.05, 3.63) is 202 Å². The van der Waals surface area contributed by atoms with E-state index in [9.17, 15) is 0 Å². The largest absolute Gasteiger partial charge is 0.456 e. The van der Waals surface area contributed by atoms with E-state index in [0.717, 1.165) is 59.7 Å². The van der Waals surface area contributed by atoms with Crippen molar-refractivity contribution in [1.82, 2.24) is 0 Å². The van der Waals surface area contributed by atoms with Crippen molar-refractivity contribution in [2.45, 2.75) is 175 Å². The highest BCUT2D eigenvalue weighted by atomic mass is 16.3. The van der Waals surface area contributed by atoms with Crippen LogP contribution in [0.15, 0.2) is 151 Å². The molecule has 2 unspecified atom stereocenters. The van der Waals surface area contributed by atoms with Crippen LogP contribution in [0.1, 0.15) is 176 Å². The third-order valence-electron chi connectivity index (χ3n) is 22.3. The van der Waals surface area contributed by atoms with Crippen LogP contribution in [0.5, 0.6) is 0 Å². The number of para-hydroxylation sites is 1. The highest BCUT2D eigenvalue weighted by Gasteiger charge is 2.52. The SMILES string of the molecule is C=C(c1ccc2c(c1)N(c1cc3c(cc1C)C(C)(C)CCC3(C)C)c1cc(C)cc3c1B2c1cc2c(cc1N3c1ccc3c(c1)oc1ccccc13)C(C)(C)CCC2(C)C)C1(C)CCCCC1(C)c1cc(-c2ccccc2C)ccc1C. The first-order valence-electron chi connectivity index (χ1n) is 30.9. The maximum Gasteiger partial charge on any atom is 0.252 e. The van der Waals surface area contributed by atoms with E-state index in [4.69, 9.17) is 11.0 Å². The average Bonchev–Trinajstić information content (AvgIpc) is 2.40. The third kappa shape index (κ3) is 7.67. The van der Waals surface area contributed by atoms with Crippen LogP contribution in [0.4, 0.5) is 34.1 Å². The summed E-state index contributed by atoms with van der Waals surface area (Å²) >= 11 is 0. The van der Waals surface area contributed by atoms with Gasteiger partial charge in [0.2, 0.25) is 0 Å². The highest BCUT2D eigenvalue weighted by molar-refractivity contribution is 7.00. The molecule has 1 saturated carbocycles. The maximum atomic E-state index is 6.73. The van der Waals surface area contributed by atoms with Crippen molar-refractivity contribution < 1.29 is 4.42 Å². The summed E-state index contributed by atoms with van der Waals surface area (Å²) in [7, 11) is 0. The summed E-state index contributed by atoms with van der Waals surface area (Å²) in [5.74, 6) is 0. The molecule has 5 aliphatic rings. The van der Waals surface area contributed by atoms with E-state index in [1.807, 2.05) is 0 Å². The molecule has 0 N–H and O–H groups in total. The normalized spacial score (nSPS) is 21.6. The predicted molar refractivity (Wildman–Crippen MR) is 352 cm³/mol. The summed E-state index contributed by atoms with van der Waals surface area (Å²) in [5.41, 5.74) is 30.8. The zero-order valence-electron chi connectivity index (χ0n) is 51.5. The fraction of sp³-hybridized carbons (Fsp3) is 0.359. The van der Waals surface area contributed by atoms with Gasteiger partial charge in [-0.05, 0) is 225 Å². The number of anilines is 6. The van der Waals surface area contributed by atoms with Gasteiger partial charge in [0, 0.05) is 61.8 Å². The lowest BCUT2D eigenvalue weighted by atomic mass is 9.33. The first kappa shape index (κ1) is 53.0. The lowest BCUT2D eigenvalue weighted by Gasteiger charge is -2.53. The van der Waals surface area contributed by atoms with E-state index >= 15 is 0 Å². The van der Waals surface area contributed by atoms with Crippen molar-refractivity contribution in [2.24, 2.45) is 5.41 Å². The quantitative estimate of drug-likeness (QED) is 0.155. The topological polar surface area (TPSA) is 19.6 Å². The molecule has 0 spiro atoms. The number of rotatable bonds is 6. The first-order chi connectivity index (χ1) is 38.9. The Morgan fingerprint density at radius 3 is 1.76 bits per heavy atom. The van der Waals surface area contributed by atoms with Crippen molar-refractivity contribution >= 4 is 84.7 Å². The summed E-state index contributed by atoms with van der Waals surface area (Å²) in [4.78, 5) is 5.34. The van der Waals surface area contributed by atoms with Crippen LogP contribution in [0.25, 0.3) is 38.6 Å². The molecule has 82 heavy (non-hydrogen) atoms. The van der Waals surface area contributed by atoms with Gasteiger partial charge in [0.15, 0.2) is 0 Å². The van der Waals surface area contributed by atoms with E-state index in [0.29, 0.717) is 0 Å². The Hall–Kier alpha value is -7.04. The second kappa shape index (κ2) is 18.0. The van der Waals surface area contributed by atoms with E-state index in [-0.39, 0.29) is 39.2 Å². The minimum Gasteiger partial charge on any atom is -0.456 e. The number of hydrogen-bond donors (Lipinski definition) is 0. The van der Waals surface area contributed by atoms with Gasteiger partial charge in [-0.15, -0.1) is 0 Å². The molecule has 0 radical (unpaired) electrons. The molecule has 0 amide bonds. The summed E-state index contributed by atoms with van der Waals surface area (Å²) in [5, 5.41) is 2.30. The highest BCUT2D eigenvalue weighted by Crippen LogP contribution is 2.60. The van der Waals surface area contributed by atoms with Crippen LogP contribution in [-0.4, -0.2) is 6.71 Å². The van der Waals surface area contributed by atoms with Gasteiger partial charge in [0.25, 0.3) is 6.71 Å². The number of aryl methyl sites for hydroxylation is 4. The molecule has 3 nitrogen and oxygen atoms in total. The Balaban J connectivity index is 1.03. The molecule has 2 atom stereocenters. The third-order valence-corrected chi connectivity index (χ3v) is 22.3. The van der Waals surface area contributed by atoms with E-state index < -0.39 is 0 Å². The smallest absolute Gasteiger partial charge is 0.252 e. The number of benzene rings is 8. The van der Waals surface area contributed by atoms with Gasteiger partial charge in [0.1, 0.15) is 11.2 Å². The molecule has 414 valence electrons. The fourth-order valence-corrected chi connectivity index (χ4v) is 16.7. The van der Waals surface area contributed by atoms with Crippen molar-refractivity contribution in [2.75, 3.05) is 9.80 Å². The minimum absolute atomic E-state index is 0.0131. The zero-order chi connectivity index (χ0) is 57.4. The van der Waals surface area contributed by atoms with Gasteiger partial charge in [-0.1, -0.05) is 174 Å². The summed E-state index contributed by atoms with van der Waals surface area (Å²) in [6, 6.07) is 54.7. The average molecular weight is 1080 g/mol. The van der Waals surface area contributed by atoms with Crippen molar-refractivity contribution in [3.8, 4) is 11.1 Å². The van der Waals surface area contributed by atoms with E-state index in [1.54, 1.807) is 0 Å². The number of hydrogen-bond acceptors (Lipinski definition) is 3. The molecule has 1 aromatic heterocycles. The fourth-order valence-electron chi connectivity index (χ4n) is 16.7. The van der Waals surface area contributed by atoms with E-state index in [1.165, 1.54) is 136 Å². The number of nitrogens with zero attached hydrogens (tertiary/aromatic N) is 2. The molecule has 3 heterocycles. The molecule has 3 aliphatic carbocycles. The molecule has 2 aliphatic heterocycles. The van der Waals surface area contributed by atoms with Crippen molar-refractivity contribution in [3.63, 3.8) is 0 Å². The Morgan fingerprint density at radius 1 is 0.451 bits per heavy atom. The standard InChI is InChI=1S/C78H83BN2O/c1-47-38-68-72-69(39-47)81(65-45-61-59(40-50(65)4)73(6,7)34-36-75(61,10)11)66-42-52(51(5)77(14)32-20-21-33-78(77,15)58-41-53(27-26-49(58)3)55-23-17-16-22-48(55)2)28-31-63(66)79(72)64-44-60-62(76(12,13)37-35-74(60,8)9)46-67(64)80(68)54-29-30-57-56-24-18-19-25-70(56)82-71(57)43-54/h16-19,22-31,38-46H,5,20-21,32-37H2,1-4,6-15H3. The molecule has 9 aromatic rings. The lowest BCUT2D eigenvalue weighted by molar-refractivity contribution is 0.151. The Kier molecular flexibility index (Phi) is 11.6. The van der Waals surface area contributed by atoms with Crippen LogP contribution in [0.2, 0.25) is 0 Å². The van der Waals surface area contributed by atoms with Crippen molar-refractivity contribution in [1.29, 1.82) is 0 Å². The first-order valence-corrected chi connectivity index (χ1v) is 30.9. The van der Waals surface area contributed by atoms with E-state index in [2.05, 4.69) is 246 Å². The van der Waals surface area contributed by atoms with Gasteiger partial charge < -0.3 is 14.2 Å².